The molecule has 0 radical (unpaired) electrons. The van der Waals surface area contributed by atoms with Gasteiger partial charge in [-0.3, -0.25) is 9.69 Å². The van der Waals surface area contributed by atoms with Gasteiger partial charge in [0.15, 0.2) is 5.76 Å². The van der Waals surface area contributed by atoms with Crippen LogP contribution in [0.4, 0.5) is 0 Å². The maximum absolute atomic E-state index is 12.6. The number of furan rings is 1. The van der Waals surface area contributed by atoms with Crippen LogP contribution in [-0.2, 0) is 11.3 Å². The number of carbonyl (C=O) groups is 1. The number of hydrogen-bond acceptors (Lipinski definition) is 5. The lowest BCUT2D eigenvalue weighted by atomic mass is 10.1. The number of carbonyl (C=O) groups excluding carboxylic acids is 1. The summed E-state index contributed by atoms with van der Waals surface area (Å²) in [6.07, 6.45) is 1.72. The van der Waals surface area contributed by atoms with Crippen molar-refractivity contribution in [3.8, 4) is 5.75 Å². The molecular weight excluding hydrogens is 332 g/mol. The lowest BCUT2D eigenvalue weighted by Gasteiger charge is -2.22. The predicted molar refractivity (Wildman–Crippen MR) is 96.1 cm³/mol. The predicted octanol–water partition coefficient (Wildman–Crippen LogP) is 2.26. The van der Waals surface area contributed by atoms with Gasteiger partial charge in [-0.1, -0.05) is 12.1 Å². The Morgan fingerprint density at radius 3 is 2.77 bits per heavy atom. The van der Waals surface area contributed by atoms with Crippen LogP contribution >= 0.6 is 0 Å². The van der Waals surface area contributed by atoms with Gasteiger partial charge in [0.05, 0.1) is 26.1 Å². The fraction of sp³-hybridized carbons (Fsp3) is 0.450. The van der Waals surface area contributed by atoms with Crippen LogP contribution in [0.25, 0.3) is 0 Å². The molecule has 3 heterocycles. The van der Waals surface area contributed by atoms with Gasteiger partial charge in [0.25, 0.3) is 5.91 Å². The van der Waals surface area contributed by atoms with E-state index in [0.29, 0.717) is 31.4 Å². The molecule has 1 aromatic heterocycles. The Bertz CT molecular complexity index is 729. The van der Waals surface area contributed by atoms with Crippen molar-refractivity contribution in [2.75, 3.05) is 39.9 Å². The van der Waals surface area contributed by atoms with Crippen LogP contribution in [0.15, 0.2) is 47.1 Å². The highest BCUT2D eigenvalue weighted by Crippen LogP contribution is 2.26. The molecule has 2 aromatic rings. The zero-order valence-corrected chi connectivity index (χ0v) is 15.0. The van der Waals surface area contributed by atoms with Gasteiger partial charge < -0.3 is 18.8 Å². The van der Waals surface area contributed by atoms with Gasteiger partial charge in [0.2, 0.25) is 0 Å². The number of benzene rings is 1. The van der Waals surface area contributed by atoms with Crippen LogP contribution in [0.3, 0.4) is 0 Å². The van der Waals surface area contributed by atoms with E-state index in [1.165, 1.54) is 11.8 Å². The third-order valence-electron chi connectivity index (χ3n) is 5.19. The third kappa shape index (κ3) is 3.61. The van der Waals surface area contributed by atoms with Gasteiger partial charge in [-0.25, -0.2) is 0 Å². The summed E-state index contributed by atoms with van der Waals surface area (Å²) >= 11 is 0. The monoisotopic (exact) mass is 356 g/mol. The molecule has 2 aliphatic rings. The van der Waals surface area contributed by atoms with E-state index in [-0.39, 0.29) is 12.0 Å². The fourth-order valence-corrected chi connectivity index (χ4v) is 3.84. The molecule has 26 heavy (non-hydrogen) atoms. The summed E-state index contributed by atoms with van der Waals surface area (Å²) in [6.45, 7) is 4.61. The first-order valence-electron chi connectivity index (χ1n) is 9.02. The number of amides is 1. The highest BCUT2D eigenvalue weighted by molar-refractivity contribution is 5.91. The third-order valence-corrected chi connectivity index (χ3v) is 5.19. The van der Waals surface area contributed by atoms with Crippen LogP contribution in [0, 0.1) is 5.92 Å². The number of hydrogen-bond donors (Lipinski definition) is 0. The number of ether oxygens (including phenoxy) is 2. The van der Waals surface area contributed by atoms with Crippen LogP contribution in [0.1, 0.15) is 16.1 Å². The molecule has 0 aliphatic carbocycles. The van der Waals surface area contributed by atoms with Gasteiger partial charge in [0.1, 0.15) is 5.75 Å². The van der Waals surface area contributed by atoms with Crippen molar-refractivity contribution in [1.29, 1.82) is 0 Å². The minimum absolute atomic E-state index is 0.0483. The minimum Gasteiger partial charge on any atom is -0.497 e. The summed E-state index contributed by atoms with van der Waals surface area (Å²) in [6, 6.07) is 11.6. The van der Waals surface area contributed by atoms with Gasteiger partial charge in [-0.15, -0.1) is 0 Å². The molecule has 0 saturated carbocycles. The zero-order valence-electron chi connectivity index (χ0n) is 15.0. The van der Waals surface area contributed by atoms with E-state index in [1.807, 2.05) is 17.0 Å². The Morgan fingerprint density at radius 2 is 2.04 bits per heavy atom. The standard InChI is InChI=1S/C20H24N2O4/c1-24-17-6-4-15(5-7-17)11-21-12-16-13-22(8-10-26-19(16)14-21)20(23)18-3-2-9-25-18/h2-7,9,16,19H,8,10-14H2,1H3/t16-,19+/m0/s1. The smallest absolute Gasteiger partial charge is 0.289 e. The van der Waals surface area contributed by atoms with Gasteiger partial charge in [-0.2, -0.15) is 0 Å². The molecule has 6 nitrogen and oxygen atoms in total. The Kier molecular flexibility index (Phi) is 4.95. The Hall–Kier alpha value is -2.31. The molecule has 0 unspecified atom stereocenters. The highest BCUT2D eigenvalue weighted by Gasteiger charge is 2.37. The molecule has 2 fully saturated rings. The molecule has 2 aliphatic heterocycles. The lowest BCUT2D eigenvalue weighted by Crippen LogP contribution is -2.37. The maximum Gasteiger partial charge on any atom is 0.289 e. The average molecular weight is 356 g/mol. The molecule has 0 bridgehead atoms. The Balaban J connectivity index is 1.38. The summed E-state index contributed by atoms with van der Waals surface area (Å²) in [5.41, 5.74) is 1.26. The van der Waals surface area contributed by atoms with Gasteiger partial charge in [0, 0.05) is 38.6 Å². The summed E-state index contributed by atoms with van der Waals surface area (Å²) in [5.74, 6) is 1.55. The first-order valence-corrected chi connectivity index (χ1v) is 9.02. The number of fused-ring (bicyclic) bond motifs is 1. The van der Waals surface area contributed by atoms with Gasteiger partial charge in [-0.05, 0) is 29.8 Å². The van der Waals surface area contributed by atoms with Crippen LogP contribution in [0.2, 0.25) is 0 Å². The quantitative estimate of drug-likeness (QED) is 0.841. The van der Waals surface area contributed by atoms with E-state index in [2.05, 4.69) is 17.0 Å². The van der Waals surface area contributed by atoms with Crippen LogP contribution in [-0.4, -0.2) is 61.7 Å². The molecule has 6 heteroatoms. The molecule has 2 saturated heterocycles. The van der Waals surface area contributed by atoms with Crippen molar-refractivity contribution in [2.45, 2.75) is 12.6 Å². The molecule has 1 amide bonds. The van der Waals surface area contributed by atoms with Crippen molar-refractivity contribution in [1.82, 2.24) is 9.80 Å². The largest absolute Gasteiger partial charge is 0.497 e. The van der Waals surface area contributed by atoms with E-state index in [9.17, 15) is 4.79 Å². The Labute approximate surface area is 153 Å². The van der Waals surface area contributed by atoms with Crippen molar-refractivity contribution < 1.29 is 18.7 Å². The topological polar surface area (TPSA) is 55.2 Å². The second-order valence-corrected chi connectivity index (χ2v) is 6.94. The number of rotatable bonds is 4. The molecule has 1 aromatic carbocycles. The van der Waals surface area contributed by atoms with E-state index in [0.717, 1.165) is 25.4 Å². The van der Waals surface area contributed by atoms with E-state index < -0.39 is 0 Å². The Morgan fingerprint density at radius 1 is 1.19 bits per heavy atom. The SMILES string of the molecule is COc1ccc(CN2C[C@H]3CN(C(=O)c4ccco4)CCO[C@@H]3C2)cc1. The number of methoxy groups -OCH3 is 1. The van der Waals surface area contributed by atoms with E-state index in [1.54, 1.807) is 19.2 Å². The molecule has 4 rings (SSSR count). The summed E-state index contributed by atoms with van der Waals surface area (Å²) in [7, 11) is 1.68. The lowest BCUT2D eigenvalue weighted by molar-refractivity contribution is 0.0498. The average Bonchev–Trinajstić information content (AvgIpc) is 3.28. The van der Waals surface area contributed by atoms with E-state index in [4.69, 9.17) is 13.9 Å². The fourth-order valence-electron chi connectivity index (χ4n) is 3.84. The second kappa shape index (κ2) is 7.51. The van der Waals surface area contributed by atoms with Crippen molar-refractivity contribution >= 4 is 5.91 Å². The number of nitrogens with zero attached hydrogens (tertiary/aromatic N) is 2. The van der Waals surface area contributed by atoms with E-state index >= 15 is 0 Å². The minimum atomic E-state index is -0.0483. The van der Waals surface area contributed by atoms with Crippen LogP contribution in [0.5, 0.6) is 5.75 Å². The summed E-state index contributed by atoms with van der Waals surface area (Å²) in [5, 5.41) is 0. The molecular formula is C20H24N2O4. The molecule has 0 spiro atoms. The maximum atomic E-state index is 12.6. The summed E-state index contributed by atoms with van der Waals surface area (Å²) < 4.78 is 16.5. The molecule has 138 valence electrons. The zero-order chi connectivity index (χ0) is 17.9. The first kappa shape index (κ1) is 17.1. The highest BCUT2D eigenvalue weighted by atomic mass is 16.5. The molecule has 0 N–H and O–H groups in total. The second-order valence-electron chi connectivity index (χ2n) is 6.94. The van der Waals surface area contributed by atoms with Crippen molar-refractivity contribution in [3.63, 3.8) is 0 Å². The van der Waals surface area contributed by atoms with Gasteiger partial charge >= 0.3 is 0 Å². The van der Waals surface area contributed by atoms with Crippen molar-refractivity contribution in [2.24, 2.45) is 5.92 Å². The normalized spacial score (nSPS) is 23.5. The van der Waals surface area contributed by atoms with Crippen molar-refractivity contribution in [3.05, 3.63) is 54.0 Å². The molecule has 2 atom stereocenters. The van der Waals surface area contributed by atoms with Crippen LogP contribution < -0.4 is 4.74 Å². The number of likely N-dealkylation sites (tertiary alicyclic amines) is 1. The summed E-state index contributed by atoms with van der Waals surface area (Å²) in [4.78, 5) is 16.8. The first-order chi connectivity index (χ1) is 12.7.